The number of benzene rings is 1. The fourth-order valence-electron chi connectivity index (χ4n) is 3.34. The van der Waals surface area contributed by atoms with Crippen LogP contribution in [0.4, 0.5) is 5.82 Å². The van der Waals surface area contributed by atoms with E-state index >= 15 is 0 Å². The molecule has 0 spiro atoms. The predicted octanol–water partition coefficient (Wildman–Crippen LogP) is 3.04. The first kappa shape index (κ1) is 15.5. The zero-order valence-corrected chi connectivity index (χ0v) is 13.5. The van der Waals surface area contributed by atoms with Crippen LogP contribution in [-0.2, 0) is 4.74 Å². The summed E-state index contributed by atoms with van der Waals surface area (Å²) in [5.41, 5.74) is 1.59. The molecule has 3 rings (SSSR count). The van der Waals surface area contributed by atoms with E-state index in [1.54, 1.807) is 6.20 Å². The molecule has 5 nitrogen and oxygen atoms in total. The molecule has 2 heterocycles. The summed E-state index contributed by atoms with van der Waals surface area (Å²) in [5.74, 6) is 0.543. The Morgan fingerprint density at radius 1 is 1.26 bits per heavy atom. The lowest BCUT2D eigenvalue weighted by Crippen LogP contribution is -2.35. The highest BCUT2D eigenvalue weighted by atomic mass is 16.5. The predicted molar refractivity (Wildman–Crippen MR) is 88.6 cm³/mol. The molecular formula is C18H21N3O2. The Labute approximate surface area is 136 Å². The molecule has 1 fully saturated rings. The first-order chi connectivity index (χ1) is 11.2. The van der Waals surface area contributed by atoms with Crippen LogP contribution in [0.5, 0.6) is 0 Å². The Hall–Kier alpha value is -2.43. The molecule has 0 amide bonds. The summed E-state index contributed by atoms with van der Waals surface area (Å²) in [6.07, 6.45) is 5.32. The molecule has 5 heteroatoms. The average Bonchev–Trinajstić information content (AvgIpc) is 3.10. The second kappa shape index (κ2) is 6.77. The molecule has 1 saturated heterocycles. The molecule has 23 heavy (non-hydrogen) atoms. The van der Waals surface area contributed by atoms with Gasteiger partial charge in [-0.2, -0.15) is 0 Å². The van der Waals surface area contributed by atoms with Gasteiger partial charge in [0.1, 0.15) is 0 Å². The number of hydrogen-bond acceptors (Lipinski definition) is 5. The SMILES string of the molecule is COC(=O)c1nccnc1N1CCCC1C(C)c1ccccc1. The number of aromatic nitrogens is 2. The summed E-state index contributed by atoms with van der Waals surface area (Å²) in [4.78, 5) is 22.8. The van der Waals surface area contributed by atoms with Gasteiger partial charge in [0.25, 0.3) is 0 Å². The van der Waals surface area contributed by atoms with Crippen LogP contribution in [-0.4, -0.2) is 35.6 Å². The van der Waals surface area contributed by atoms with Crippen LogP contribution in [0.1, 0.15) is 41.7 Å². The van der Waals surface area contributed by atoms with Crippen molar-refractivity contribution in [1.29, 1.82) is 0 Å². The van der Waals surface area contributed by atoms with E-state index in [0.29, 0.717) is 23.5 Å². The average molecular weight is 311 g/mol. The molecule has 1 aliphatic rings. The van der Waals surface area contributed by atoms with Gasteiger partial charge in [-0.25, -0.2) is 14.8 Å². The molecule has 0 N–H and O–H groups in total. The molecule has 0 saturated carbocycles. The Morgan fingerprint density at radius 2 is 2.00 bits per heavy atom. The summed E-state index contributed by atoms with van der Waals surface area (Å²) in [6.45, 7) is 3.11. The molecule has 0 aliphatic carbocycles. The van der Waals surface area contributed by atoms with Crippen molar-refractivity contribution in [2.45, 2.75) is 31.7 Å². The lowest BCUT2D eigenvalue weighted by atomic mass is 9.91. The highest BCUT2D eigenvalue weighted by molar-refractivity contribution is 5.92. The van der Waals surface area contributed by atoms with Gasteiger partial charge in [0.2, 0.25) is 0 Å². The zero-order chi connectivity index (χ0) is 16.2. The van der Waals surface area contributed by atoms with Crippen molar-refractivity contribution in [3.8, 4) is 0 Å². The van der Waals surface area contributed by atoms with E-state index in [0.717, 1.165) is 19.4 Å². The van der Waals surface area contributed by atoms with Crippen LogP contribution in [0.3, 0.4) is 0 Å². The van der Waals surface area contributed by atoms with Crippen molar-refractivity contribution in [3.05, 3.63) is 54.0 Å². The number of methoxy groups -OCH3 is 1. The van der Waals surface area contributed by atoms with Crippen LogP contribution in [0, 0.1) is 0 Å². The fourth-order valence-corrected chi connectivity index (χ4v) is 3.34. The van der Waals surface area contributed by atoms with Crippen molar-refractivity contribution >= 4 is 11.8 Å². The summed E-state index contributed by atoms with van der Waals surface area (Å²) >= 11 is 0. The third-order valence-corrected chi connectivity index (χ3v) is 4.53. The highest BCUT2D eigenvalue weighted by Crippen LogP contribution is 2.34. The van der Waals surface area contributed by atoms with Gasteiger partial charge in [0, 0.05) is 30.9 Å². The van der Waals surface area contributed by atoms with E-state index < -0.39 is 5.97 Å². The number of ether oxygens (including phenoxy) is 1. The fraction of sp³-hybridized carbons (Fsp3) is 0.389. The van der Waals surface area contributed by atoms with Crippen molar-refractivity contribution < 1.29 is 9.53 Å². The summed E-state index contributed by atoms with van der Waals surface area (Å²) in [7, 11) is 1.37. The maximum atomic E-state index is 12.0. The van der Waals surface area contributed by atoms with Gasteiger partial charge >= 0.3 is 5.97 Å². The Kier molecular flexibility index (Phi) is 4.55. The quantitative estimate of drug-likeness (QED) is 0.812. The van der Waals surface area contributed by atoms with Crippen LogP contribution in [0.25, 0.3) is 0 Å². The molecule has 0 radical (unpaired) electrons. The van der Waals surface area contributed by atoms with Crippen molar-refractivity contribution in [3.63, 3.8) is 0 Å². The first-order valence-electron chi connectivity index (χ1n) is 7.93. The van der Waals surface area contributed by atoms with E-state index in [-0.39, 0.29) is 0 Å². The van der Waals surface area contributed by atoms with E-state index in [4.69, 9.17) is 4.74 Å². The molecule has 2 unspecified atom stereocenters. The van der Waals surface area contributed by atoms with Gasteiger partial charge in [-0.15, -0.1) is 0 Å². The molecule has 2 atom stereocenters. The van der Waals surface area contributed by atoms with Gasteiger partial charge < -0.3 is 9.64 Å². The number of esters is 1. The minimum atomic E-state index is -0.439. The van der Waals surface area contributed by atoms with Crippen LogP contribution in [0.2, 0.25) is 0 Å². The third-order valence-electron chi connectivity index (χ3n) is 4.53. The number of anilines is 1. The second-order valence-electron chi connectivity index (χ2n) is 5.82. The molecule has 1 aromatic carbocycles. The Bertz CT molecular complexity index is 675. The minimum Gasteiger partial charge on any atom is -0.464 e. The number of nitrogens with zero attached hydrogens (tertiary/aromatic N) is 3. The standard InChI is InChI=1S/C18H21N3O2/c1-13(14-7-4-3-5-8-14)15-9-6-12-21(15)17-16(18(22)23-2)19-10-11-20-17/h3-5,7-8,10-11,13,15H,6,9,12H2,1-2H3. The molecule has 1 aliphatic heterocycles. The van der Waals surface area contributed by atoms with E-state index in [1.165, 1.54) is 18.9 Å². The maximum absolute atomic E-state index is 12.0. The van der Waals surface area contributed by atoms with Crippen molar-refractivity contribution in [2.75, 3.05) is 18.6 Å². The number of hydrogen-bond donors (Lipinski definition) is 0. The zero-order valence-electron chi connectivity index (χ0n) is 13.5. The maximum Gasteiger partial charge on any atom is 0.360 e. The molecule has 2 aromatic rings. The first-order valence-corrected chi connectivity index (χ1v) is 7.93. The monoisotopic (exact) mass is 311 g/mol. The number of rotatable bonds is 4. The molecular weight excluding hydrogens is 290 g/mol. The van der Waals surface area contributed by atoms with Gasteiger partial charge in [-0.3, -0.25) is 0 Å². The minimum absolute atomic E-state index is 0.294. The lowest BCUT2D eigenvalue weighted by Gasteiger charge is -2.31. The van der Waals surface area contributed by atoms with Crippen molar-refractivity contribution in [1.82, 2.24) is 9.97 Å². The van der Waals surface area contributed by atoms with E-state index in [1.807, 2.05) is 6.07 Å². The lowest BCUT2D eigenvalue weighted by molar-refractivity contribution is 0.0594. The van der Waals surface area contributed by atoms with Gasteiger partial charge in [0.05, 0.1) is 7.11 Å². The summed E-state index contributed by atoms with van der Waals surface area (Å²) in [5, 5.41) is 0. The molecule has 1 aromatic heterocycles. The number of carbonyl (C=O) groups excluding carboxylic acids is 1. The Balaban J connectivity index is 1.92. The van der Waals surface area contributed by atoms with E-state index in [2.05, 4.69) is 46.1 Å². The third kappa shape index (κ3) is 3.04. The smallest absolute Gasteiger partial charge is 0.360 e. The van der Waals surface area contributed by atoms with Crippen LogP contribution < -0.4 is 4.90 Å². The second-order valence-corrected chi connectivity index (χ2v) is 5.82. The summed E-state index contributed by atoms with van der Waals surface area (Å²) in [6, 6.07) is 10.8. The molecule has 120 valence electrons. The highest BCUT2D eigenvalue weighted by Gasteiger charge is 2.33. The molecule has 0 bridgehead atoms. The largest absolute Gasteiger partial charge is 0.464 e. The van der Waals surface area contributed by atoms with Gasteiger partial charge in [-0.05, 0) is 18.4 Å². The number of carbonyl (C=O) groups is 1. The van der Waals surface area contributed by atoms with Crippen LogP contribution in [0.15, 0.2) is 42.7 Å². The van der Waals surface area contributed by atoms with Crippen LogP contribution >= 0.6 is 0 Å². The van der Waals surface area contributed by atoms with Gasteiger partial charge in [-0.1, -0.05) is 37.3 Å². The topological polar surface area (TPSA) is 55.3 Å². The van der Waals surface area contributed by atoms with E-state index in [9.17, 15) is 4.79 Å². The normalized spacial score (nSPS) is 18.7. The Morgan fingerprint density at radius 3 is 2.74 bits per heavy atom. The van der Waals surface area contributed by atoms with Crippen molar-refractivity contribution in [2.24, 2.45) is 0 Å². The summed E-state index contributed by atoms with van der Waals surface area (Å²) < 4.78 is 4.85. The van der Waals surface area contributed by atoms with Gasteiger partial charge in [0.15, 0.2) is 11.5 Å².